The molecule has 2 N–H and O–H groups in total. The second kappa shape index (κ2) is 10.8. The molecule has 0 atom stereocenters. The third-order valence-corrected chi connectivity index (χ3v) is 4.49. The maximum absolute atomic E-state index is 12.5. The molecule has 0 aliphatic carbocycles. The fraction of sp³-hybridized carbons (Fsp3) is 0.526. The number of guanidine groups is 1. The Morgan fingerprint density at radius 3 is 2.48 bits per heavy atom. The van der Waals surface area contributed by atoms with Crippen LogP contribution in [0.5, 0.6) is 0 Å². The lowest BCUT2D eigenvalue weighted by atomic mass is 10.1. The molecule has 1 aliphatic rings. The monoisotopic (exact) mass is 393 g/mol. The van der Waals surface area contributed by atoms with Gasteiger partial charge in [-0.15, -0.1) is 0 Å². The third-order valence-electron chi connectivity index (χ3n) is 4.26. The average molecular weight is 394 g/mol. The standard InChI is InChI=1S/C19H28ClN5O2/c1-3-21-19(23-8-7-22-15(2)26)25-11-9-24(10-12-25)18(27)14-16-5-4-6-17(20)13-16/h4-6,13H,3,7-12,14H2,1-2H3,(H,21,23)(H,22,26). The second-order valence-electron chi connectivity index (χ2n) is 6.39. The SMILES string of the molecule is CCNC(=NCCNC(C)=O)N1CCN(C(=O)Cc2cccc(Cl)c2)CC1. The minimum Gasteiger partial charge on any atom is -0.357 e. The van der Waals surface area contributed by atoms with E-state index in [4.69, 9.17) is 11.6 Å². The number of benzene rings is 1. The molecule has 1 heterocycles. The van der Waals surface area contributed by atoms with E-state index < -0.39 is 0 Å². The summed E-state index contributed by atoms with van der Waals surface area (Å²) in [7, 11) is 0. The number of hydrogen-bond donors (Lipinski definition) is 2. The molecule has 1 aliphatic heterocycles. The van der Waals surface area contributed by atoms with Gasteiger partial charge >= 0.3 is 0 Å². The topological polar surface area (TPSA) is 77.0 Å². The Hall–Kier alpha value is -2.28. The predicted octanol–water partition coefficient (Wildman–Crippen LogP) is 1.13. The quantitative estimate of drug-likeness (QED) is 0.431. The number of amides is 2. The summed E-state index contributed by atoms with van der Waals surface area (Å²) in [6, 6.07) is 7.43. The summed E-state index contributed by atoms with van der Waals surface area (Å²) >= 11 is 5.99. The first-order valence-corrected chi connectivity index (χ1v) is 9.67. The molecule has 0 saturated carbocycles. The van der Waals surface area contributed by atoms with Crippen molar-refractivity contribution in [1.29, 1.82) is 0 Å². The maximum atomic E-state index is 12.5. The molecule has 8 heteroatoms. The minimum atomic E-state index is -0.0537. The number of rotatable bonds is 6. The predicted molar refractivity (Wildman–Crippen MR) is 108 cm³/mol. The van der Waals surface area contributed by atoms with Crippen molar-refractivity contribution in [2.75, 3.05) is 45.8 Å². The lowest BCUT2D eigenvalue weighted by Gasteiger charge is -2.36. The molecular formula is C19H28ClN5O2. The highest BCUT2D eigenvalue weighted by atomic mass is 35.5. The summed E-state index contributed by atoms with van der Waals surface area (Å²) in [4.78, 5) is 32.1. The maximum Gasteiger partial charge on any atom is 0.227 e. The van der Waals surface area contributed by atoms with Crippen LogP contribution in [0.3, 0.4) is 0 Å². The molecule has 2 rings (SSSR count). The Kier molecular flexibility index (Phi) is 8.39. The normalized spacial score (nSPS) is 14.9. The van der Waals surface area contributed by atoms with Crippen molar-refractivity contribution in [1.82, 2.24) is 20.4 Å². The first-order chi connectivity index (χ1) is 13.0. The molecule has 1 saturated heterocycles. The minimum absolute atomic E-state index is 0.0537. The van der Waals surface area contributed by atoms with Crippen LogP contribution in [0.4, 0.5) is 0 Å². The van der Waals surface area contributed by atoms with Crippen LogP contribution in [0, 0.1) is 0 Å². The number of piperazine rings is 1. The van der Waals surface area contributed by atoms with Crippen LogP contribution >= 0.6 is 11.6 Å². The van der Waals surface area contributed by atoms with Crippen molar-refractivity contribution in [3.63, 3.8) is 0 Å². The molecule has 7 nitrogen and oxygen atoms in total. The highest BCUT2D eigenvalue weighted by Gasteiger charge is 2.23. The van der Waals surface area contributed by atoms with Gasteiger partial charge in [0.05, 0.1) is 13.0 Å². The van der Waals surface area contributed by atoms with Gasteiger partial charge in [0.25, 0.3) is 0 Å². The second-order valence-corrected chi connectivity index (χ2v) is 6.83. The van der Waals surface area contributed by atoms with E-state index in [1.807, 2.05) is 36.1 Å². The summed E-state index contributed by atoms with van der Waals surface area (Å²) in [5.41, 5.74) is 0.933. The van der Waals surface area contributed by atoms with Crippen molar-refractivity contribution in [2.24, 2.45) is 4.99 Å². The van der Waals surface area contributed by atoms with E-state index in [2.05, 4.69) is 20.5 Å². The van der Waals surface area contributed by atoms with Crippen LogP contribution in [-0.4, -0.2) is 73.4 Å². The molecule has 27 heavy (non-hydrogen) atoms. The Morgan fingerprint density at radius 1 is 1.15 bits per heavy atom. The zero-order valence-corrected chi connectivity index (χ0v) is 16.8. The molecule has 2 amide bonds. The summed E-state index contributed by atoms with van der Waals surface area (Å²) in [5, 5.41) is 6.67. The zero-order valence-electron chi connectivity index (χ0n) is 16.0. The van der Waals surface area contributed by atoms with E-state index in [1.54, 1.807) is 0 Å². The van der Waals surface area contributed by atoms with Crippen molar-refractivity contribution in [2.45, 2.75) is 20.3 Å². The Balaban J connectivity index is 1.85. The molecule has 148 valence electrons. The van der Waals surface area contributed by atoms with Crippen molar-refractivity contribution in [3.8, 4) is 0 Å². The number of carbonyl (C=O) groups excluding carboxylic acids is 2. The third kappa shape index (κ3) is 7.09. The summed E-state index contributed by atoms with van der Waals surface area (Å²) in [6.45, 7) is 8.11. The first kappa shape index (κ1) is 21.0. The molecule has 0 radical (unpaired) electrons. The highest BCUT2D eigenvalue weighted by molar-refractivity contribution is 6.30. The van der Waals surface area contributed by atoms with Crippen LogP contribution < -0.4 is 10.6 Å². The van der Waals surface area contributed by atoms with Gasteiger partial charge in [0, 0.05) is 51.2 Å². The van der Waals surface area contributed by atoms with E-state index in [0.717, 1.165) is 31.2 Å². The van der Waals surface area contributed by atoms with Gasteiger partial charge in [-0.1, -0.05) is 23.7 Å². The first-order valence-electron chi connectivity index (χ1n) is 9.29. The number of aliphatic imine (C=N–C) groups is 1. The number of carbonyl (C=O) groups is 2. The van der Waals surface area contributed by atoms with Gasteiger partial charge in [0.2, 0.25) is 11.8 Å². The fourth-order valence-electron chi connectivity index (χ4n) is 2.92. The van der Waals surface area contributed by atoms with Crippen LogP contribution in [0.25, 0.3) is 0 Å². The highest BCUT2D eigenvalue weighted by Crippen LogP contribution is 2.13. The van der Waals surface area contributed by atoms with Gasteiger partial charge in [-0.05, 0) is 24.6 Å². The Morgan fingerprint density at radius 2 is 1.85 bits per heavy atom. The van der Waals surface area contributed by atoms with Crippen LogP contribution in [0.2, 0.25) is 5.02 Å². The van der Waals surface area contributed by atoms with E-state index in [-0.39, 0.29) is 11.8 Å². The number of nitrogens with one attached hydrogen (secondary N) is 2. The molecule has 0 spiro atoms. The van der Waals surface area contributed by atoms with Crippen molar-refractivity contribution < 1.29 is 9.59 Å². The number of hydrogen-bond acceptors (Lipinski definition) is 3. The van der Waals surface area contributed by atoms with E-state index in [1.165, 1.54) is 6.92 Å². The molecule has 1 aromatic carbocycles. The lowest BCUT2D eigenvalue weighted by Crippen LogP contribution is -2.54. The van der Waals surface area contributed by atoms with Gasteiger partial charge in [-0.25, -0.2) is 0 Å². The van der Waals surface area contributed by atoms with Crippen LogP contribution in [-0.2, 0) is 16.0 Å². The molecule has 0 aromatic heterocycles. The molecule has 0 unspecified atom stereocenters. The van der Waals surface area contributed by atoms with Gasteiger partial charge in [0.15, 0.2) is 5.96 Å². The smallest absolute Gasteiger partial charge is 0.227 e. The number of halogens is 1. The van der Waals surface area contributed by atoms with Crippen LogP contribution in [0.15, 0.2) is 29.3 Å². The molecule has 0 bridgehead atoms. The summed E-state index contributed by atoms with van der Waals surface area (Å²) < 4.78 is 0. The molecule has 1 fully saturated rings. The number of nitrogens with zero attached hydrogens (tertiary/aromatic N) is 3. The lowest BCUT2D eigenvalue weighted by molar-refractivity contribution is -0.131. The largest absolute Gasteiger partial charge is 0.357 e. The zero-order chi connectivity index (χ0) is 19.6. The van der Waals surface area contributed by atoms with Crippen molar-refractivity contribution >= 4 is 29.4 Å². The van der Waals surface area contributed by atoms with Gasteiger partial charge < -0.3 is 20.4 Å². The van der Waals surface area contributed by atoms with E-state index in [9.17, 15) is 9.59 Å². The van der Waals surface area contributed by atoms with E-state index in [0.29, 0.717) is 37.6 Å². The van der Waals surface area contributed by atoms with Crippen LogP contribution in [0.1, 0.15) is 19.4 Å². The summed E-state index contributed by atoms with van der Waals surface area (Å²) in [5.74, 6) is 0.885. The van der Waals surface area contributed by atoms with Gasteiger partial charge in [-0.3, -0.25) is 14.6 Å². The van der Waals surface area contributed by atoms with E-state index >= 15 is 0 Å². The average Bonchev–Trinajstić information content (AvgIpc) is 2.64. The Labute approximate surface area is 165 Å². The van der Waals surface area contributed by atoms with Crippen molar-refractivity contribution in [3.05, 3.63) is 34.9 Å². The Bertz CT molecular complexity index is 672. The summed E-state index contributed by atoms with van der Waals surface area (Å²) in [6.07, 6.45) is 0.367. The molecule has 1 aromatic rings. The molecular weight excluding hydrogens is 366 g/mol. The fourth-order valence-corrected chi connectivity index (χ4v) is 3.13. The van der Waals surface area contributed by atoms with Gasteiger partial charge in [0.1, 0.15) is 0 Å². The van der Waals surface area contributed by atoms with Gasteiger partial charge in [-0.2, -0.15) is 0 Å².